The second-order valence-electron chi connectivity index (χ2n) is 14.4. The molecule has 3 aliphatic carbocycles. The Labute approximate surface area is 266 Å². The molecular weight excluding hydrogens is 599 g/mol. The number of carbonyl (C=O) groups is 2. The maximum atomic E-state index is 14.6. The lowest BCUT2D eigenvalue weighted by Crippen LogP contribution is -2.52. The van der Waals surface area contributed by atoms with Crippen molar-refractivity contribution in [2.24, 2.45) is 22.7 Å². The van der Waals surface area contributed by atoms with Gasteiger partial charge in [0.25, 0.3) is 0 Å². The van der Waals surface area contributed by atoms with Crippen molar-refractivity contribution >= 4 is 40.6 Å². The van der Waals surface area contributed by atoms with Crippen molar-refractivity contribution < 1.29 is 14.0 Å². The van der Waals surface area contributed by atoms with Gasteiger partial charge in [0.15, 0.2) is 0 Å². The Bertz CT molecular complexity index is 1660. The summed E-state index contributed by atoms with van der Waals surface area (Å²) in [5, 5.41) is 10.5. The van der Waals surface area contributed by atoms with Crippen LogP contribution in [0.3, 0.4) is 0 Å². The van der Waals surface area contributed by atoms with Gasteiger partial charge in [0.2, 0.25) is 11.8 Å². The average Bonchev–Trinajstić information content (AvgIpc) is 3.64. The third kappa shape index (κ3) is 4.75. The third-order valence-corrected chi connectivity index (χ3v) is 12.0. The maximum absolute atomic E-state index is 14.6. The first-order valence-corrected chi connectivity index (χ1v) is 16.6. The molecule has 10 heteroatoms. The van der Waals surface area contributed by atoms with Gasteiger partial charge in [0.05, 0.1) is 5.41 Å². The number of rotatable bonds is 5. The minimum absolute atomic E-state index is 0.0382. The highest BCUT2D eigenvalue weighted by molar-refractivity contribution is 6.31. The highest BCUT2D eigenvalue weighted by atomic mass is 35.5. The third-order valence-electron chi connectivity index (χ3n) is 11.6. The number of carbonyl (C=O) groups excluding carboxylic acids is 2. The van der Waals surface area contributed by atoms with Gasteiger partial charge >= 0.3 is 5.76 Å². The molecule has 3 atom stereocenters. The van der Waals surface area contributed by atoms with E-state index in [-0.39, 0.29) is 46.2 Å². The van der Waals surface area contributed by atoms with Crippen LogP contribution in [-0.4, -0.2) is 26.9 Å². The number of benzene rings is 1. The van der Waals surface area contributed by atoms with E-state index in [0.29, 0.717) is 28.9 Å². The van der Waals surface area contributed by atoms with Crippen molar-refractivity contribution in [2.45, 2.75) is 95.3 Å². The second-order valence-corrected chi connectivity index (χ2v) is 15.3. The number of hydrogen-bond donors (Lipinski definition) is 2. The fourth-order valence-electron chi connectivity index (χ4n) is 9.34. The Morgan fingerprint density at radius 3 is 2.45 bits per heavy atom. The van der Waals surface area contributed by atoms with E-state index >= 15 is 0 Å². The summed E-state index contributed by atoms with van der Waals surface area (Å²) in [4.78, 5) is 45.0. The van der Waals surface area contributed by atoms with Crippen LogP contribution < -0.4 is 11.1 Å². The monoisotopic (exact) mass is 636 g/mol. The summed E-state index contributed by atoms with van der Waals surface area (Å²) in [7, 11) is 0. The molecular formula is C34H38Cl2N4O4. The molecule has 44 heavy (non-hydrogen) atoms. The van der Waals surface area contributed by atoms with Gasteiger partial charge in [0, 0.05) is 41.1 Å². The summed E-state index contributed by atoms with van der Waals surface area (Å²) in [6, 6.07) is 9.51. The Morgan fingerprint density at radius 1 is 1.02 bits per heavy atom. The number of halogens is 2. The number of nitrogens with one attached hydrogen (secondary N) is 2. The van der Waals surface area contributed by atoms with Crippen LogP contribution in [0.25, 0.3) is 0 Å². The first kappa shape index (κ1) is 29.7. The maximum Gasteiger partial charge on any atom is 0.434 e. The molecule has 0 bridgehead atoms. The highest BCUT2D eigenvalue weighted by Crippen LogP contribution is 2.72. The van der Waals surface area contributed by atoms with Crippen molar-refractivity contribution in [2.75, 3.05) is 5.32 Å². The first-order chi connectivity index (χ1) is 21.0. The topological polar surface area (TPSA) is 118 Å². The van der Waals surface area contributed by atoms with Crippen LogP contribution in [-0.2, 0) is 15.0 Å². The van der Waals surface area contributed by atoms with Crippen LogP contribution in [0.1, 0.15) is 107 Å². The minimum atomic E-state index is -0.927. The predicted octanol–water partition coefficient (Wildman–Crippen LogP) is 7.58. The van der Waals surface area contributed by atoms with E-state index in [2.05, 4.69) is 34.3 Å². The van der Waals surface area contributed by atoms with E-state index in [1.165, 1.54) is 0 Å². The number of ketones is 1. The SMILES string of the molecule is CC1(C)CCC2(CC1)C[C@@H](C(=O)CC1CCC(c3n[nH]c(=O)o3)CC1)[C@H](c1ccnc(Cl)c1)[C@]21C(=O)Nc2cc(Cl)ccc21. The molecule has 8 nitrogen and oxygen atoms in total. The molecule has 0 unspecified atom stereocenters. The molecule has 4 aliphatic rings. The van der Waals surface area contributed by atoms with Crippen molar-refractivity contribution in [1.82, 2.24) is 15.2 Å². The standard InChI is InChI=1S/C34H38Cl2N4O4/c1-32(2)10-12-33(13-11-32)18-23(26(41)15-19-3-5-20(6-4-19)29-39-40-31(43)44-29)28(21-9-14-37-27(36)16-21)34(33)24-8-7-22(35)17-25(24)38-30(34)42/h7-9,14,16-17,19-20,23,28H,3-6,10-13,15,18H2,1-2H3,(H,38,42)(H,40,43)/t19?,20?,23-,28-,34+/m0/s1. The molecule has 0 radical (unpaired) electrons. The number of pyridine rings is 1. The molecule has 7 rings (SSSR count). The molecule has 3 saturated carbocycles. The molecule has 3 aromatic rings. The number of aromatic nitrogens is 3. The quantitative estimate of drug-likeness (QED) is 0.279. The average molecular weight is 638 g/mol. The first-order valence-electron chi connectivity index (χ1n) is 15.8. The fourth-order valence-corrected chi connectivity index (χ4v) is 9.69. The summed E-state index contributed by atoms with van der Waals surface area (Å²) >= 11 is 12.9. The lowest BCUT2D eigenvalue weighted by molar-refractivity contribution is -0.127. The van der Waals surface area contributed by atoms with Crippen LogP contribution in [0.4, 0.5) is 5.69 Å². The van der Waals surface area contributed by atoms with Crippen LogP contribution in [0.15, 0.2) is 45.7 Å². The Kier molecular flexibility index (Phi) is 7.32. The van der Waals surface area contributed by atoms with E-state index in [0.717, 1.165) is 68.2 Å². The Hall–Kier alpha value is -2.97. The van der Waals surface area contributed by atoms with Crippen LogP contribution in [0, 0.1) is 22.7 Å². The number of aromatic amines is 1. The van der Waals surface area contributed by atoms with Crippen LogP contribution in [0.5, 0.6) is 0 Å². The van der Waals surface area contributed by atoms with Gasteiger partial charge in [-0.2, -0.15) is 0 Å². The van der Waals surface area contributed by atoms with E-state index in [1.807, 2.05) is 30.3 Å². The molecule has 2 N–H and O–H groups in total. The van der Waals surface area contributed by atoms with Crippen LogP contribution in [0.2, 0.25) is 10.2 Å². The van der Waals surface area contributed by atoms with Gasteiger partial charge in [-0.15, -0.1) is 5.10 Å². The summed E-state index contributed by atoms with van der Waals surface area (Å²) in [6.07, 6.45) is 9.88. The molecule has 2 spiro atoms. The highest BCUT2D eigenvalue weighted by Gasteiger charge is 2.72. The van der Waals surface area contributed by atoms with Gasteiger partial charge in [0.1, 0.15) is 10.9 Å². The van der Waals surface area contributed by atoms with Gasteiger partial charge in [-0.25, -0.2) is 14.9 Å². The van der Waals surface area contributed by atoms with Gasteiger partial charge in [-0.05, 0) is 110 Å². The van der Waals surface area contributed by atoms with E-state index in [4.69, 9.17) is 27.6 Å². The molecule has 1 aromatic carbocycles. The second kappa shape index (κ2) is 10.8. The van der Waals surface area contributed by atoms with Crippen LogP contribution >= 0.6 is 23.2 Å². The van der Waals surface area contributed by atoms with Crippen molar-refractivity contribution in [3.8, 4) is 0 Å². The van der Waals surface area contributed by atoms with E-state index in [9.17, 15) is 14.4 Å². The number of H-pyrrole nitrogens is 1. The number of hydrogen-bond acceptors (Lipinski definition) is 6. The summed E-state index contributed by atoms with van der Waals surface area (Å²) in [5.74, 6) is -0.306. The normalized spacial score (nSPS) is 30.4. The summed E-state index contributed by atoms with van der Waals surface area (Å²) in [6.45, 7) is 4.61. The molecule has 2 aromatic heterocycles. The molecule has 3 fully saturated rings. The number of fused-ring (bicyclic) bond motifs is 3. The van der Waals surface area contributed by atoms with E-state index < -0.39 is 11.2 Å². The summed E-state index contributed by atoms with van der Waals surface area (Å²) < 4.78 is 5.22. The molecule has 3 heterocycles. The zero-order chi connectivity index (χ0) is 30.9. The smallest absolute Gasteiger partial charge is 0.392 e. The van der Waals surface area contributed by atoms with Crippen molar-refractivity contribution in [3.63, 3.8) is 0 Å². The number of amides is 1. The summed E-state index contributed by atoms with van der Waals surface area (Å²) in [5.41, 5.74) is 1.44. The fraction of sp³-hybridized carbons (Fsp3) is 0.559. The predicted molar refractivity (Wildman–Crippen MR) is 168 cm³/mol. The molecule has 1 amide bonds. The lowest BCUT2D eigenvalue weighted by atomic mass is 9.51. The minimum Gasteiger partial charge on any atom is -0.392 e. The molecule has 232 valence electrons. The zero-order valence-electron chi connectivity index (χ0n) is 25.1. The van der Waals surface area contributed by atoms with Gasteiger partial charge in [-0.3, -0.25) is 9.59 Å². The van der Waals surface area contributed by atoms with Gasteiger partial charge in [-0.1, -0.05) is 43.1 Å². The Morgan fingerprint density at radius 2 is 1.77 bits per heavy atom. The zero-order valence-corrected chi connectivity index (χ0v) is 26.6. The van der Waals surface area contributed by atoms with Gasteiger partial charge < -0.3 is 9.73 Å². The number of nitrogens with zero attached hydrogens (tertiary/aromatic N) is 2. The molecule has 1 aliphatic heterocycles. The lowest BCUT2D eigenvalue weighted by Gasteiger charge is -2.51. The largest absolute Gasteiger partial charge is 0.434 e. The van der Waals surface area contributed by atoms with Crippen molar-refractivity contribution in [3.05, 3.63) is 74.3 Å². The molecule has 0 saturated heterocycles. The number of anilines is 1. The van der Waals surface area contributed by atoms with Crippen molar-refractivity contribution in [1.29, 1.82) is 0 Å². The Balaban J connectivity index is 1.28. The number of Topliss-reactive ketones (excluding diaryl/α,β-unsaturated/α-hetero) is 1. The van der Waals surface area contributed by atoms with E-state index in [1.54, 1.807) is 6.20 Å².